The Labute approximate surface area is 96.7 Å². The zero-order valence-electron chi connectivity index (χ0n) is 9.54. The summed E-state index contributed by atoms with van der Waals surface area (Å²) in [7, 11) is 0. The number of carbonyl (C=O) groups excluding carboxylic acids is 1. The summed E-state index contributed by atoms with van der Waals surface area (Å²) in [6, 6.07) is 0. The van der Waals surface area contributed by atoms with Crippen molar-refractivity contribution in [2.24, 2.45) is 5.92 Å². The minimum Gasteiger partial charge on any atom is -0.381 e. The lowest BCUT2D eigenvalue weighted by molar-refractivity contribution is -0.132. The molecule has 0 N–H and O–H groups in total. The van der Waals surface area contributed by atoms with E-state index in [0.29, 0.717) is 0 Å². The minimum atomic E-state index is -0.367. The van der Waals surface area contributed by atoms with E-state index in [0.717, 1.165) is 39.1 Å². The number of halogens is 1. The second-order valence-corrected chi connectivity index (χ2v) is 4.33. The summed E-state index contributed by atoms with van der Waals surface area (Å²) >= 11 is 6.22. The van der Waals surface area contributed by atoms with Crippen LogP contribution in [0.2, 0.25) is 0 Å². The highest BCUT2D eigenvalue weighted by atomic mass is 35.5. The highest BCUT2D eigenvalue weighted by Crippen LogP contribution is 2.24. The fraction of sp³-hybridized carbons (Fsp3) is 0.909. The number of rotatable bonds is 4. The predicted molar refractivity (Wildman–Crippen MR) is 61.1 cm³/mol. The third kappa shape index (κ3) is 3.35. The Morgan fingerprint density at radius 3 is 2.40 bits per heavy atom. The lowest BCUT2D eigenvalue weighted by Gasteiger charge is -2.29. The van der Waals surface area contributed by atoms with E-state index in [4.69, 9.17) is 16.3 Å². The maximum absolute atomic E-state index is 12.0. The van der Waals surface area contributed by atoms with Crippen molar-refractivity contribution in [2.45, 2.75) is 32.1 Å². The lowest BCUT2D eigenvalue weighted by atomic mass is 9.95. The number of nitrogens with zero attached hydrogens (tertiary/aromatic N) is 1. The Kier molecular flexibility index (Phi) is 5.40. The van der Waals surface area contributed by atoms with Gasteiger partial charge in [0.15, 0.2) is 0 Å². The summed E-state index contributed by atoms with van der Waals surface area (Å²) < 4.78 is 5.26. The van der Waals surface area contributed by atoms with Gasteiger partial charge in [0.2, 0.25) is 5.91 Å². The van der Waals surface area contributed by atoms with Crippen LogP contribution in [0.25, 0.3) is 0 Å². The van der Waals surface area contributed by atoms with E-state index in [2.05, 4.69) is 0 Å². The Bertz CT molecular complexity index is 201. The van der Waals surface area contributed by atoms with Crippen LogP contribution < -0.4 is 0 Å². The Hall–Kier alpha value is -0.280. The Morgan fingerprint density at radius 2 is 1.93 bits per heavy atom. The van der Waals surface area contributed by atoms with Crippen molar-refractivity contribution in [2.75, 3.05) is 26.3 Å². The van der Waals surface area contributed by atoms with Crippen molar-refractivity contribution < 1.29 is 9.53 Å². The average Bonchev–Trinajstić information content (AvgIpc) is 2.30. The lowest BCUT2D eigenvalue weighted by Crippen LogP contribution is -2.41. The minimum absolute atomic E-state index is 0.0774. The highest BCUT2D eigenvalue weighted by Gasteiger charge is 2.30. The van der Waals surface area contributed by atoms with E-state index >= 15 is 0 Å². The number of hydrogen-bond acceptors (Lipinski definition) is 2. The Morgan fingerprint density at radius 1 is 1.40 bits per heavy atom. The van der Waals surface area contributed by atoms with Crippen LogP contribution in [0.3, 0.4) is 0 Å². The summed E-state index contributed by atoms with van der Waals surface area (Å²) in [5, 5.41) is -0.367. The quantitative estimate of drug-likeness (QED) is 0.694. The van der Waals surface area contributed by atoms with Crippen molar-refractivity contribution in [3.63, 3.8) is 0 Å². The number of ether oxygens (including phenoxy) is 1. The molecule has 88 valence electrons. The van der Waals surface area contributed by atoms with Gasteiger partial charge in [-0.3, -0.25) is 4.79 Å². The maximum atomic E-state index is 12.0. The summed E-state index contributed by atoms with van der Waals surface area (Å²) in [6.45, 7) is 6.91. The first-order valence-electron chi connectivity index (χ1n) is 5.71. The SMILES string of the molecule is CCN(CC)C(=O)C(Cl)C1CCOCC1. The van der Waals surface area contributed by atoms with Crippen LogP contribution in [0.15, 0.2) is 0 Å². The van der Waals surface area contributed by atoms with Gasteiger partial charge in [0.25, 0.3) is 0 Å². The largest absolute Gasteiger partial charge is 0.381 e. The molecule has 0 bridgehead atoms. The molecule has 1 heterocycles. The number of amides is 1. The van der Waals surface area contributed by atoms with Crippen molar-refractivity contribution in [1.82, 2.24) is 4.90 Å². The molecule has 0 radical (unpaired) electrons. The van der Waals surface area contributed by atoms with Gasteiger partial charge in [0.1, 0.15) is 5.38 Å². The molecular weight excluding hydrogens is 214 g/mol. The molecule has 1 saturated heterocycles. The summed E-state index contributed by atoms with van der Waals surface area (Å²) in [5.41, 5.74) is 0. The van der Waals surface area contributed by atoms with E-state index < -0.39 is 0 Å². The molecule has 1 rings (SSSR count). The third-order valence-electron chi connectivity index (χ3n) is 2.99. The van der Waals surface area contributed by atoms with E-state index in [-0.39, 0.29) is 17.2 Å². The molecule has 1 aliphatic rings. The topological polar surface area (TPSA) is 29.5 Å². The van der Waals surface area contributed by atoms with Crippen LogP contribution in [0.5, 0.6) is 0 Å². The molecule has 1 amide bonds. The fourth-order valence-electron chi connectivity index (χ4n) is 1.92. The first-order valence-corrected chi connectivity index (χ1v) is 6.14. The van der Waals surface area contributed by atoms with Crippen LogP contribution in [-0.2, 0) is 9.53 Å². The monoisotopic (exact) mass is 233 g/mol. The van der Waals surface area contributed by atoms with Crippen LogP contribution >= 0.6 is 11.6 Å². The number of carbonyl (C=O) groups is 1. The second kappa shape index (κ2) is 6.33. The molecule has 0 saturated carbocycles. The Balaban J connectivity index is 2.49. The molecule has 0 aromatic heterocycles. The summed E-state index contributed by atoms with van der Waals surface area (Å²) in [5.74, 6) is 0.363. The third-order valence-corrected chi connectivity index (χ3v) is 3.53. The summed E-state index contributed by atoms with van der Waals surface area (Å²) in [4.78, 5) is 13.8. The van der Waals surface area contributed by atoms with Crippen LogP contribution in [0, 0.1) is 5.92 Å². The van der Waals surface area contributed by atoms with E-state index in [1.807, 2.05) is 13.8 Å². The van der Waals surface area contributed by atoms with Gasteiger partial charge in [-0.1, -0.05) is 0 Å². The normalized spacial score (nSPS) is 19.9. The van der Waals surface area contributed by atoms with Gasteiger partial charge in [0.05, 0.1) is 0 Å². The molecule has 3 nitrogen and oxygen atoms in total. The summed E-state index contributed by atoms with van der Waals surface area (Å²) in [6.07, 6.45) is 1.81. The number of hydrogen-bond donors (Lipinski definition) is 0. The van der Waals surface area contributed by atoms with E-state index in [9.17, 15) is 4.79 Å². The van der Waals surface area contributed by atoms with Crippen molar-refractivity contribution >= 4 is 17.5 Å². The van der Waals surface area contributed by atoms with Gasteiger partial charge in [-0.15, -0.1) is 11.6 Å². The smallest absolute Gasteiger partial charge is 0.240 e. The van der Waals surface area contributed by atoms with Gasteiger partial charge < -0.3 is 9.64 Å². The van der Waals surface area contributed by atoms with Gasteiger partial charge in [0, 0.05) is 26.3 Å². The first kappa shape index (κ1) is 12.8. The van der Waals surface area contributed by atoms with E-state index in [1.165, 1.54) is 0 Å². The molecule has 1 unspecified atom stereocenters. The molecule has 0 aromatic rings. The molecule has 0 aromatic carbocycles. The molecule has 15 heavy (non-hydrogen) atoms. The van der Waals surface area contributed by atoms with Crippen LogP contribution in [0.1, 0.15) is 26.7 Å². The standard InChI is InChI=1S/C11H20ClNO2/c1-3-13(4-2)11(14)10(12)9-5-7-15-8-6-9/h9-10H,3-8H2,1-2H3. The van der Waals surface area contributed by atoms with Crippen LogP contribution in [0.4, 0.5) is 0 Å². The van der Waals surface area contributed by atoms with Gasteiger partial charge in [-0.2, -0.15) is 0 Å². The molecule has 1 atom stereocenters. The van der Waals surface area contributed by atoms with Gasteiger partial charge in [-0.05, 0) is 32.6 Å². The molecule has 1 aliphatic heterocycles. The maximum Gasteiger partial charge on any atom is 0.240 e. The molecule has 0 aliphatic carbocycles. The average molecular weight is 234 g/mol. The molecule has 4 heteroatoms. The first-order chi connectivity index (χ1) is 7.20. The zero-order valence-corrected chi connectivity index (χ0v) is 10.3. The van der Waals surface area contributed by atoms with Crippen LogP contribution in [-0.4, -0.2) is 42.5 Å². The molecular formula is C11H20ClNO2. The van der Waals surface area contributed by atoms with Crippen molar-refractivity contribution in [1.29, 1.82) is 0 Å². The second-order valence-electron chi connectivity index (χ2n) is 3.86. The molecule has 0 spiro atoms. The fourth-order valence-corrected chi connectivity index (χ4v) is 2.31. The molecule has 1 fully saturated rings. The van der Waals surface area contributed by atoms with E-state index in [1.54, 1.807) is 4.90 Å². The van der Waals surface area contributed by atoms with Crippen molar-refractivity contribution in [3.05, 3.63) is 0 Å². The van der Waals surface area contributed by atoms with Gasteiger partial charge >= 0.3 is 0 Å². The predicted octanol–water partition coefficient (Wildman–Crippen LogP) is 1.89. The number of alkyl halides is 1. The highest BCUT2D eigenvalue weighted by molar-refractivity contribution is 6.30. The zero-order chi connectivity index (χ0) is 11.3. The van der Waals surface area contributed by atoms with Gasteiger partial charge in [-0.25, -0.2) is 0 Å². The van der Waals surface area contributed by atoms with Crippen molar-refractivity contribution in [3.8, 4) is 0 Å².